The molecule has 1 saturated heterocycles. The van der Waals surface area contributed by atoms with Crippen molar-refractivity contribution in [3.05, 3.63) is 59.8 Å². The Morgan fingerprint density at radius 3 is 2.41 bits per heavy atom. The van der Waals surface area contributed by atoms with Crippen molar-refractivity contribution in [1.29, 1.82) is 0 Å². The molecule has 5 nitrogen and oxygen atoms in total. The van der Waals surface area contributed by atoms with Crippen molar-refractivity contribution in [2.24, 2.45) is 7.05 Å². The van der Waals surface area contributed by atoms with Crippen LogP contribution in [-0.2, 0) is 7.05 Å². The van der Waals surface area contributed by atoms with Crippen molar-refractivity contribution in [2.45, 2.75) is 12.3 Å². The molecule has 3 aromatic rings. The van der Waals surface area contributed by atoms with Crippen LogP contribution in [0.1, 0.15) is 28.4 Å². The van der Waals surface area contributed by atoms with Gasteiger partial charge in [-0.3, -0.25) is 4.79 Å². The zero-order chi connectivity index (χ0) is 19.0. The van der Waals surface area contributed by atoms with Crippen molar-refractivity contribution in [3.63, 3.8) is 0 Å². The first-order chi connectivity index (χ1) is 13.1. The van der Waals surface area contributed by atoms with E-state index in [1.54, 1.807) is 32.4 Å². The zero-order valence-electron chi connectivity index (χ0n) is 15.9. The maximum atomic E-state index is 13.0. The monoisotopic (exact) mass is 364 g/mol. The number of hydrogen-bond donors (Lipinski definition) is 0. The molecule has 1 aliphatic rings. The summed E-state index contributed by atoms with van der Waals surface area (Å²) in [4.78, 5) is 15.0. The van der Waals surface area contributed by atoms with Crippen LogP contribution in [0.15, 0.2) is 48.5 Å². The van der Waals surface area contributed by atoms with Gasteiger partial charge >= 0.3 is 0 Å². The fraction of sp³-hybridized carbons (Fsp3) is 0.318. The number of aryl methyl sites for hydroxylation is 1. The van der Waals surface area contributed by atoms with Crippen molar-refractivity contribution < 1.29 is 14.3 Å². The minimum absolute atomic E-state index is 0.0217. The van der Waals surface area contributed by atoms with Crippen molar-refractivity contribution in [1.82, 2.24) is 9.47 Å². The normalized spacial score (nSPS) is 16.7. The van der Waals surface area contributed by atoms with E-state index in [2.05, 4.69) is 41.9 Å². The highest BCUT2D eigenvalue weighted by molar-refractivity contribution is 5.95. The first kappa shape index (κ1) is 17.5. The van der Waals surface area contributed by atoms with Crippen LogP contribution < -0.4 is 9.47 Å². The van der Waals surface area contributed by atoms with E-state index in [1.165, 1.54) is 16.6 Å². The molecule has 2 aromatic carbocycles. The number of benzene rings is 2. The number of carbonyl (C=O) groups is 1. The van der Waals surface area contributed by atoms with Crippen LogP contribution in [0.4, 0.5) is 0 Å². The number of rotatable bonds is 4. The summed E-state index contributed by atoms with van der Waals surface area (Å²) in [5.74, 6) is 1.62. The molecule has 1 fully saturated rings. The van der Waals surface area contributed by atoms with Gasteiger partial charge in [-0.15, -0.1) is 0 Å². The van der Waals surface area contributed by atoms with E-state index in [0.717, 1.165) is 19.5 Å². The van der Waals surface area contributed by atoms with Crippen LogP contribution in [0.3, 0.4) is 0 Å². The lowest BCUT2D eigenvalue weighted by Crippen LogP contribution is -2.28. The van der Waals surface area contributed by atoms with Gasteiger partial charge in [0.25, 0.3) is 5.91 Å². The van der Waals surface area contributed by atoms with E-state index in [9.17, 15) is 4.79 Å². The van der Waals surface area contributed by atoms with Crippen LogP contribution >= 0.6 is 0 Å². The van der Waals surface area contributed by atoms with Gasteiger partial charge in [-0.25, -0.2) is 0 Å². The lowest BCUT2D eigenvalue weighted by molar-refractivity contribution is 0.0790. The maximum Gasteiger partial charge on any atom is 0.254 e. The lowest BCUT2D eigenvalue weighted by Gasteiger charge is -2.18. The van der Waals surface area contributed by atoms with Crippen LogP contribution in [-0.4, -0.2) is 42.7 Å². The van der Waals surface area contributed by atoms with E-state index >= 15 is 0 Å². The smallest absolute Gasteiger partial charge is 0.254 e. The molecule has 0 N–H and O–H groups in total. The van der Waals surface area contributed by atoms with Gasteiger partial charge < -0.3 is 18.9 Å². The third-order valence-electron chi connectivity index (χ3n) is 5.48. The second kappa shape index (κ2) is 6.99. The number of fused-ring (bicyclic) bond motifs is 1. The van der Waals surface area contributed by atoms with E-state index in [0.29, 0.717) is 23.0 Å². The fourth-order valence-corrected chi connectivity index (χ4v) is 4.00. The number of carbonyl (C=O) groups excluding carboxylic acids is 1. The number of ether oxygens (including phenoxy) is 2. The SMILES string of the molecule is COc1cc(OC)cc(C(=O)N2CCC(c3cc4ccccc4n3C)C2)c1. The largest absolute Gasteiger partial charge is 0.497 e. The Morgan fingerprint density at radius 2 is 1.74 bits per heavy atom. The molecule has 27 heavy (non-hydrogen) atoms. The van der Waals surface area contributed by atoms with Gasteiger partial charge in [0.05, 0.1) is 14.2 Å². The average molecular weight is 364 g/mol. The highest BCUT2D eigenvalue weighted by atomic mass is 16.5. The van der Waals surface area contributed by atoms with Gasteiger partial charge in [-0.05, 0) is 36.1 Å². The zero-order valence-corrected chi connectivity index (χ0v) is 15.9. The molecular formula is C22H24N2O3. The van der Waals surface area contributed by atoms with E-state index < -0.39 is 0 Å². The molecule has 140 valence electrons. The highest BCUT2D eigenvalue weighted by Crippen LogP contribution is 2.32. The Balaban J connectivity index is 1.57. The first-order valence-corrected chi connectivity index (χ1v) is 9.17. The standard InChI is InChI=1S/C22H24N2O3/c1-23-20-7-5-4-6-15(20)12-21(23)16-8-9-24(14-16)22(25)17-10-18(26-2)13-19(11-17)27-3/h4-7,10-13,16H,8-9,14H2,1-3H3. The Labute approximate surface area is 159 Å². The van der Waals surface area contributed by atoms with Gasteiger partial charge in [0.1, 0.15) is 11.5 Å². The number of amides is 1. The number of aromatic nitrogens is 1. The highest BCUT2D eigenvalue weighted by Gasteiger charge is 2.30. The van der Waals surface area contributed by atoms with Crippen molar-refractivity contribution in [2.75, 3.05) is 27.3 Å². The molecule has 5 heteroatoms. The average Bonchev–Trinajstić information content (AvgIpc) is 3.32. The predicted octanol–water partition coefficient (Wildman–Crippen LogP) is 3.83. The van der Waals surface area contributed by atoms with Gasteiger partial charge in [0.15, 0.2) is 0 Å². The number of hydrogen-bond acceptors (Lipinski definition) is 3. The van der Waals surface area contributed by atoms with Gasteiger partial charge in [-0.1, -0.05) is 18.2 Å². The number of methoxy groups -OCH3 is 2. The molecule has 0 aliphatic carbocycles. The third-order valence-corrected chi connectivity index (χ3v) is 5.48. The summed E-state index contributed by atoms with van der Waals surface area (Å²) in [5, 5.41) is 1.25. The molecule has 2 heterocycles. The molecule has 0 bridgehead atoms. The molecule has 1 aromatic heterocycles. The second-order valence-electron chi connectivity index (χ2n) is 7.03. The van der Waals surface area contributed by atoms with Crippen LogP contribution in [0.25, 0.3) is 10.9 Å². The predicted molar refractivity (Wildman–Crippen MR) is 106 cm³/mol. The summed E-state index contributed by atoms with van der Waals surface area (Å²) >= 11 is 0. The second-order valence-corrected chi connectivity index (χ2v) is 7.03. The maximum absolute atomic E-state index is 13.0. The summed E-state index contributed by atoms with van der Waals surface area (Å²) < 4.78 is 12.8. The summed E-state index contributed by atoms with van der Waals surface area (Å²) in [6.45, 7) is 1.48. The molecule has 1 aliphatic heterocycles. The summed E-state index contributed by atoms with van der Waals surface area (Å²) in [6, 6.07) is 16.0. The van der Waals surface area contributed by atoms with E-state index in [1.807, 2.05) is 4.90 Å². The molecule has 1 atom stereocenters. The van der Waals surface area contributed by atoms with Gasteiger partial charge in [0.2, 0.25) is 0 Å². The quantitative estimate of drug-likeness (QED) is 0.707. The Kier molecular flexibility index (Phi) is 4.52. The molecular weight excluding hydrogens is 340 g/mol. The van der Waals surface area contributed by atoms with E-state index in [4.69, 9.17) is 9.47 Å². The summed E-state index contributed by atoms with van der Waals surface area (Å²) in [6.07, 6.45) is 0.969. The van der Waals surface area contributed by atoms with Crippen LogP contribution in [0.2, 0.25) is 0 Å². The van der Waals surface area contributed by atoms with E-state index in [-0.39, 0.29) is 5.91 Å². The molecule has 1 amide bonds. The fourth-order valence-electron chi connectivity index (χ4n) is 4.00. The number of likely N-dealkylation sites (tertiary alicyclic amines) is 1. The van der Waals surface area contributed by atoms with Crippen LogP contribution in [0.5, 0.6) is 11.5 Å². The van der Waals surface area contributed by atoms with Gasteiger partial charge in [-0.2, -0.15) is 0 Å². The van der Waals surface area contributed by atoms with Crippen LogP contribution in [0, 0.1) is 0 Å². The summed E-state index contributed by atoms with van der Waals surface area (Å²) in [5.41, 5.74) is 3.12. The minimum Gasteiger partial charge on any atom is -0.497 e. The molecule has 0 radical (unpaired) electrons. The number of para-hydroxylation sites is 1. The molecule has 4 rings (SSSR count). The third kappa shape index (κ3) is 3.14. The number of nitrogens with zero attached hydrogens (tertiary/aromatic N) is 2. The van der Waals surface area contributed by atoms with Crippen molar-refractivity contribution in [3.8, 4) is 11.5 Å². The molecule has 0 spiro atoms. The molecule has 0 saturated carbocycles. The Morgan fingerprint density at radius 1 is 1.04 bits per heavy atom. The topological polar surface area (TPSA) is 43.7 Å². The lowest BCUT2D eigenvalue weighted by atomic mass is 10.0. The summed E-state index contributed by atoms with van der Waals surface area (Å²) in [7, 11) is 5.29. The van der Waals surface area contributed by atoms with Crippen molar-refractivity contribution >= 4 is 16.8 Å². The first-order valence-electron chi connectivity index (χ1n) is 9.17. The Bertz CT molecular complexity index is 970. The molecule has 1 unspecified atom stereocenters. The van der Waals surface area contributed by atoms with Gasteiger partial charge in [0, 0.05) is 48.9 Å². The minimum atomic E-state index is 0.0217. The Hall–Kier alpha value is -2.95.